The lowest BCUT2D eigenvalue weighted by Crippen LogP contribution is -2.04. The van der Waals surface area contributed by atoms with E-state index in [4.69, 9.17) is 25.2 Å². The van der Waals surface area contributed by atoms with E-state index in [-0.39, 0.29) is 6.79 Å². The summed E-state index contributed by atoms with van der Waals surface area (Å²) in [7, 11) is 0. The van der Waals surface area contributed by atoms with Crippen LogP contribution in [0.25, 0.3) is 11.3 Å². The summed E-state index contributed by atoms with van der Waals surface area (Å²) < 4.78 is 11.0. The molecule has 0 saturated carbocycles. The van der Waals surface area contributed by atoms with Crippen molar-refractivity contribution in [2.45, 2.75) is 39.0 Å². The highest BCUT2D eigenvalue weighted by atomic mass is 32.1. The number of aromatic nitrogens is 1. The first-order chi connectivity index (χ1) is 12.7. The van der Waals surface area contributed by atoms with Gasteiger partial charge in [0.15, 0.2) is 11.5 Å². The van der Waals surface area contributed by atoms with Gasteiger partial charge in [-0.05, 0) is 68.8 Å². The number of ether oxygens (including phenoxy) is 2. The smallest absolute Gasteiger partial charge is 0.231 e. The zero-order valence-corrected chi connectivity index (χ0v) is 15.8. The Kier molecular flexibility index (Phi) is 5.04. The number of hydrogen-bond acceptors (Lipinski definition) is 6. The molecule has 0 spiro atoms. The molecule has 0 amide bonds. The van der Waals surface area contributed by atoms with Crippen LogP contribution in [0.5, 0.6) is 11.5 Å². The van der Waals surface area contributed by atoms with E-state index < -0.39 is 0 Å². The van der Waals surface area contributed by atoms with Gasteiger partial charge in [-0.15, -0.1) is 11.3 Å². The number of fused-ring (bicyclic) bond motifs is 1. The molecule has 4 rings (SSSR count). The van der Waals surface area contributed by atoms with E-state index in [0.29, 0.717) is 6.54 Å². The van der Waals surface area contributed by atoms with Gasteiger partial charge in [0.2, 0.25) is 6.79 Å². The lowest BCUT2D eigenvalue weighted by atomic mass is 9.98. The summed E-state index contributed by atoms with van der Waals surface area (Å²) >= 11 is 1.66. The van der Waals surface area contributed by atoms with Crippen molar-refractivity contribution in [2.24, 2.45) is 10.7 Å². The SMILES string of the molecule is Cc1csc(C2=C(c3ccc4c(c3)OCO4)CCCC(CCCN)=N2)n1. The van der Waals surface area contributed by atoms with Gasteiger partial charge in [-0.25, -0.2) is 4.98 Å². The van der Waals surface area contributed by atoms with Gasteiger partial charge in [0, 0.05) is 16.8 Å². The number of allylic oxidation sites excluding steroid dienone is 1. The van der Waals surface area contributed by atoms with Crippen LogP contribution < -0.4 is 15.2 Å². The van der Waals surface area contributed by atoms with Crippen molar-refractivity contribution in [2.75, 3.05) is 13.3 Å². The number of nitrogens with zero attached hydrogens (tertiary/aromatic N) is 2. The molecule has 2 aliphatic heterocycles. The number of aryl methyl sites for hydroxylation is 1. The van der Waals surface area contributed by atoms with E-state index in [1.165, 1.54) is 11.3 Å². The molecule has 0 radical (unpaired) electrons. The number of nitrogens with two attached hydrogens (primary N) is 1. The number of benzene rings is 1. The van der Waals surface area contributed by atoms with Crippen LogP contribution in [-0.2, 0) is 0 Å². The Hall–Kier alpha value is -2.18. The van der Waals surface area contributed by atoms with Gasteiger partial charge in [0.25, 0.3) is 0 Å². The van der Waals surface area contributed by atoms with Gasteiger partial charge < -0.3 is 15.2 Å². The summed E-state index contributed by atoms with van der Waals surface area (Å²) in [5.74, 6) is 1.61. The first-order valence-corrected chi connectivity index (χ1v) is 9.95. The molecule has 3 heterocycles. The Labute approximate surface area is 157 Å². The first kappa shape index (κ1) is 17.2. The Morgan fingerprint density at radius 2 is 2.08 bits per heavy atom. The highest BCUT2D eigenvalue weighted by Gasteiger charge is 2.21. The Bertz CT molecular complexity index is 870. The van der Waals surface area contributed by atoms with Crippen molar-refractivity contribution >= 4 is 28.3 Å². The van der Waals surface area contributed by atoms with Gasteiger partial charge in [0.05, 0.1) is 0 Å². The van der Waals surface area contributed by atoms with Crippen LogP contribution in [0, 0.1) is 6.92 Å². The zero-order valence-electron chi connectivity index (χ0n) is 15.0. The predicted molar refractivity (Wildman–Crippen MR) is 106 cm³/mol. The molecule has 0 unspecified atom stereocenters. The second kappa shape index (κ2) is 7.60. The van der Waals surface area contributed by atoms with Crippen molar-refractivity contribution in [3.63, 3.8) is 0 Å². The van der Waals surface area contributed by atoms with Crippen LogP contribution in [0.4, 0.5) is 0 Å². The molecule has 6 heteroatoms. The second-order valence-electron chi connectivity index (χ2n) is 6.61. The minimum atomic E-state index is 0.289. The molecule has 0 bridgehead atoms. The van der Waals surface area contributed by atoms with Crippen LogP contribution >= 0.6 is 11.3 Å². The predicted octanol–water partition coefficient (Wildman–Crippen LogP) is 4.41. The second-order valence-corrected chi connectivity index (χ2v) is 7.47. The maximum absolute atomic E-state index is 5.70. The maximum Gasteiger partial charge on any atom is 0.231 e. The topological polar surface area (TPSA) is 69.7 Å². The fourth-order valence-corrected chi connectivity index (χ4v) is 4.17. The van der Waals surface area contributed by atoms with Crippen molar-refractivity contribution in [3.8, 4) is 11.5 Å². The third-order valence-electron chi connectivity index (χ3n) is 4.66. The monoisotopic (exact) mass is 369 g/mol. The number of hydrogen-bond donors (Lipinski definition) is 1. The quantitative estimate of drug-likeness (QED) is 0.847. The molecule has 136 valence electrons. The number of rotatable bonds is 5. The van der Waals surface area contributed by atoms with E-state index >= 15 is 0 Å². The molecule has 2 aliphatic rings. The van der Waals surface area contributed by atoms with Crippen molar-refractivity contribution in [3.05, 3.63) is 39.8 Å². The standard InChI is InChI=1S/C20H23N3O2S/c1-13-11-26-20(22-13)19-16(6-2-4-15(23-19)5-3-9-21)14-7-8-17-18(10-14)25-12-24-17/h7-8,10-11H,2-6,9,12,21H2,1H3. The van der Waals surface area contributed by atoms with Gasteiger partial charge in [0.1, 0.15) is 10.7 Å². The molecule has 0 saturated heterocycles. The van der Waals surface area contributed by atoms with Gasteiger partial charge >= 0.3 is 0 Å². The van der Waals surface area contributed by atoms with Crippen LogP contribution in [0.15, 0.2) is 28.6 Å². The Morgan fingerprint density at radius 3 is 2.88 bits per heavy atom. The maximum atomic E-state index is 5.70. The van der Waals surface area contributed by atoms with E-state index in [0.717, 1.165) is 65.6 Å². The summed E-state index contributed by atoms with van der Waals surface area (Å²) in [5.41, 5.74) is 11.3. The summed E-state index contributed by atoms with van der Waals surface area (Å²) in [6, 6.07) is 6.15. The average molecular weight is 369 g/mol. The molecule has 0 atom stereocenters. The van der Waals surface area contributed by atoms with E-state index in [1.54, 1.807) is 11.3 Å². The molecule has 1 aromatic heterocycles. The number of aliphatic imine (C=N–C) groups is 1. The molecule has 0 fully saturated rings. The summed E-state index contributed by atoms with van der Waals surface area (Å²) in [6.45, 7) is 3.01. The zero-order chi connectivity index (χ0) is 17.9. The highest BCUT2D eigenvalue weighted by Crippen LogP contribution is 2.40. The van der Waals surface area contributed by atoms with Crippen LogP contribution in [0.1, 0.15) is 48.4 Å². The van der Waals surface area contributed by atoms with Crippen molar-refractivity contribution in [1.29, 1.82) is 0 Å². The fraction of sp³-hybridized carbons (Fsp3) is 0.400. The summed E-state index contributed by atoms with van der Waals surface area (Å²) in [5, 5.41) is 3.07. The van der Waals surface area contributed by atoms with Gasteiger partial charge in [-0.2, -0.15) is 0 Å². The van der Waals surface area contributed by atoms with E-state index in [2.05, 4.69) is 17.5 Å². The normalized spacial score (nSPS) is 16.6. The van der Waals surface area contributed by atoms with Crippen LogP contribution in [0.3, 0.4) is 0 Å². The van der Waals surface area contributed by atoms with Crippen LogP contribution in [-0.4, -0.2) is 24.0 Å². The summed E-state index contributed by atoms with van der Waals surface area (Å²) in [4.78, 5) is 9.78. The van der Waals surface area contributed by atoms with Gasteiger partial charge in [-0.1, -0.05) is 6.07 Å². The number of thiazole rings is 1. The Balaban J connectivity index is 1.80. The average Bonchev–Trinajstić information content (AvgIpc) is 3.23. The van der Waals surface area contributed by atoms with Crippen molar-refractivity contribution in [1.82, 2.24) is 4.98 Å². The molecule has 0 aliphatic carbocycles. The molecule has 5 nitrogen and oxygen atoms in total. The third kappa shape index (κ3) is 3.52. The van der Waals surface area contributed by atoms with Gasteiger partial charge in [-0.3, -0.25) is 4.99 Å². The lowest BCUT2D eigenvalue weighted by molar-refractivity contribution is 0.174. The molecule has 2 N–H and O–H groups in total. The fourth-order valence-electron chi connectivity index (χ4n) is 3.36. The molecule has 1 aromatic carbocycles. The van der Waals surface area contributed by atoms with E-state index in [9.17, 15) is 0 Å². The molecular weight excluding hydrogens is 346 g/mol. The molecular formula is C20H23N3O2S. The van der Waals surface area contributed by atoms with Crippen LogP contribution in [0.2, 0.25) is 0 Å². The first-order valence-electron chi connectivity index (χ1n) is 9.07. The Morgan fingerprint density at radius 1 is 1.19 bits per heavy atom. The highest BCUT2D eigenvalue weighted by molar-refractivity contribution is 7.10. The van der Waals surface area contributed by atoms with E-state index in [1.807, 2.05) is 13.0 Å². The third-order valence-corrected chi connectivity index (χ3v) is 5.63. The molecule has 26 heavy (non-hydrogen) atoms. The van der Waals surface area contributed by atoms with Crippen molar-refractivity contribution < 1.29 is 9.47 Å². The minimum Gasteiger partial charge on any atom is -0.454 e. The summed E-state index contributed by atoms with van der Waals surface area (Å²) in [6.07, 6.45) is 5.01. The minimum absolute atomic E-state index is 0.289. The largest absolute Gasteiger partial charge is 0.454 e. The lowest BCUT2D eigenvalue weighted by Gasteiger charge is -2.10. The molecule has 2 aromatic rings.